The van der Waals surface area contributed by atoms with Gasteiger partial charge in [-0.25, -0.2) is 4.98 Å². The van der Waals surface area contributed by atoms with Crippen LogP contribution in [0.1, 0.15) is 41.6 Å². The van der Waals surface area contributed by atoms with Crippen LogP contribution in [0.2, 0.25) is 0 Å². The molecule has 0 saturated carbocycles. The number of hydrogen-bond donors (Lipinski definition) is 2. The topological polar surface area (TPSA) is 96.7 Å². The minimum absolute atomic E-state index is 0.162. The number of aromatic nitrogens is 4. The van der Waals surface area contributed by atoms with Crippen LogP contribution in [0.3, 0.4) is 0 Å². The summed E-state index contributed by atoms with van der Waals surface area (Å²) in [4.78, 5) is 16.6. The van der Waals surface area contributed by atoms with Crippen molar-refractivity contribution in [3.8, 4) is 11.3 Å². The zero-order chi connectivity index (χ0) is 16.2. The van der Waals surface area contributed by atoms with E-state index in [9.17, 15) is 4.79 Å². The predicted molar refractivity (Wildman–Crippen MR) is 83.6 cm³/mol. The minimum atomic E-state index is -0.339. The average molecular weight is 311 g/mol. The number of benzene rings is 1. The number of hydrogen-bond acceptors (Lipinski definition) is 5. The summed E-state index contributed by atoms with van der Waals surface area (Å²) < 4.78 is 5.16. The Morgan fingerprint density at radius 1 is 1.35 bits per heavy atom. The molecule has 0 fully saturated rings. The van der Waals surface area contributed by atoms with E-state index in [4.69, 9.17) is 4.52 Å². The molecule has 23 heavy (non-hydrogen) atoms. The van der Waals surface area contributed by atoms with Crippen LogP contribution in [-0.4, -0.2) is 26.2 Å². The standard InChI is InChI=1S/C16H17N5O2/c1-3-12(15-17-10(2)19-20-15)18-16(22)14-9-13(21-23-14)11-7-5-4-6-8-11/h4-9,12H,3H2,1-2H3,(H,18,22)(H,17,19,20). The van der Waals surface area contributed by atoms with Gasteiger partial charge in [0.2, 0.25) is 5.76 Å². The first-order valence-electron chi connectivity index (χ1n) is 7.39. The summed E-state index contributed by atoms with van der Waals surface area (Å²) in [5.74, 6) is 1.09. The zero-order valence-corrected chi connectivity index (χ0v) is 12.9. The molecule has 0 saturated heterocycles. The van der Waals surface area contributed by atoms with Gasteiger partial charge in [-0.05, 0) is 13.3 Å². The van der Waals surface area contributed by atoms with Crippen LogP contribution in [-0.2, 0) is 0 Å². The van der Waals surface area contributed by atoms with E-state index in [1.54, 1.807) is 6.07 Å². The van der Waals surface area contributed by atoms with Crippen LogP contribution >= 0.6 is 0 Å². The van der Waals surface area contributed by atoms with Gasteiger partial charge in [0.15, 0.2) is 5.82 Å². The summed E-state index contributed by atoms with van der Waals surface area (Å²) in [5.41, 5.74) is 1.52. The molecule has 2 heterocycles. The van der Waals surface area contributed by atoms with Gasteiger partial charge < -0.3 is 9.84 Å². The number of H-pyrrole nitrogens is 1. The second kappa shape index (κ2) is 6.43. The molecule has 7 nitrogen and oxygen atoms in total. The first-order valence-corrected chi connectivity index (χ1v) is 7.39. The number of nitrogens with zero attached hydrogens (tertiary/aromatic N) is 3. The lowest BCUT2D eigenvalue weighted by Crippen LogP contribution is -2.28. The van der Waals surface area contributed by atoms with Gasteiger partial charge in [0.05, 0.1) is 6.04 Å². The molecule has 0 radical (unpaired) electrons. The van der Waals surface area contributed by atoms with E-state index in [0.29, 0.717) is 23.8 Å². The minimum Gasteiger partial charge on any atom is -0.350 e. The lowest BCUT2D eigenvalue weighted by atomic mass is 10.1. The van der Waals surface area contributed by atoms with Crippen molar-refractivity contribution >= 4 is 5.91 Å². The number of carbonyl (C=O) groups is 1. The molecule has 1 amide bonds. The van der Waals surface area contributed by atoms with E-state index in [0.717, 1.165) is 5.56 Å². The van der Waals surface area contributed by atoms with Gasteiger partial charge >= 0.3 is 0 Å². The largest absolute Gasteiger partial charge is 0.350 e. The molecule has 3 rings (SSSR count). The van der Waals surface area contributed by atoms with Gasteiger partial charge in [0.25, 0.3) is 5.91 Å². The Kier molecular flexibility index (Phi) is 4.18. The Morgan fingerprint density at radius 2 is 2.13 bits per heavy atom. The molecule has 0 spiro atoms. The summed E-state index contributed by atoms with van der Waals surface area (Å²) in [7, 11) is 0. The predicted octanol–water partition coefficient (Wildman–Crippen LogP) is 2.65. The van der Waals surface area contributed by atoms with Crippen molar-refractivity contribution in [1.82, 2.24) is 25.7 Å². The fourth-order valence-corrected chi connectivity index (χ4v) is 2.22. The quantitative estimate of drug-likeness (QED) is 0.755. The van der Waals surface area contributed by atoms with Gasteiger partial charge in [-0.1, -0.05) is 42.4 Å². The number of aromatic amines is 1. The molecule has 118 valence electrons. The lowest BCUT2D eigenvalue weighted by Gasteiger charge is -2.11. The SMILES string of the molecule is CCC(NC(=O)c1cc(-c2ccccc2)no1)c1n[nH]c(C)n1. The number of carbonyl (C=O) groups excluding carboxylic acids is 1. The Hall–Kier alpha value is -2.96. The highest BCUT2D eigenvalue weighted by Crippen LogP contribution is 2.19. The van der Waals surface area contributed by atoms with E-state index >= 15 is 0 Å². The molecule has 0 aliphatic rings. The van der Waals surface area contributed by atoms with Crippen LogP contribution in [0, 0.1) is 6.92 Å². The molecule has 7 heteroatoms. The monoisotopic (exact) mass is 311 g/mol. The molecule has 2 N–H and O–H groups in total. The maximum absolute atomic E-state index is 12.3. The van der Waals surface area contributed by atoms with Crippen molar-refractivity contribution in [2.24, 2.45) is 0 Å². The third-order valence-corrected chi connectivity index (χ3v) is 3.44. The maximum Gasteiger partial charge on any atom is 0.290 e. The Morgan fingerprint density at radius 3 is 2.78 bits per heavy atom. The fourth-order valence-electron chi connectivity index (χ4n) is 2.22. The van der Waals surface area contributed by atoms with Crippen molar-refractivity contribution in [2.75, 3.05) is 0 Å². The number of aryl methyl sites for hydroxylation is 1. The summed E-state index contributed by atoms with van der Waals surface area (Å²) in [6, 6.07) is 10.9. The van der Waals surface area contributed by atoms with Crippen LogP contribution in [0.25, 0.3) is 11.3 Å². The molecule has 1 atom stereocenters. The van der Waals surface area contributed by atoms with Crippen LogP contribution in [0.4, 0.5) is 0 Å². The first-order chi connectivity index (χ1) is 11.2. The van der Waals surface area contributed by atoms with E-state index in [-0.39, 0.29) is 17.7 Å². The molecule has 1 unspecified atom stereocenters. The molecule has 0 bridgehead atoms. The van der Waals surface area contributed by atoms with Gasteiger partial charge in [-0.3, -0.25) is 9.89 Å². The first kappa shape index (κ1) is 15.0. The van der Waals surface area contributed by atoms with Crippen LogP contribution in [0.15, 0.2) is 40.9 Å². The highest BCUT2D eigenvalue weighted by atomic mass is 16.5. The highest BCUT2D eigenvalue weighted by Gasteiger charge is 2.21. The normalized spacial score (nSPS) is 12.1. The molecule has 0 aliphatic carbocycles. The summed E-state index contributed by atoms with van der Waals surface area (Å²) in [6.07, 6.45) is 0.669. The molecule has 1 aromatic carbocycles. The summed E-state index contributed by atoms with van der Waals surface area (Å²) >= 11 is 0. The van der Waals surface area contributed by atoms with E-state index in [1.165, 1.54) is 0 Å². The Bertz CT molecular complexity index is 794. The molecular weight excluding hydrogens is 294 g/mol. The average Bonchev–Trinajstić information content (AvgIpc) is 3.22. The Balaban J connectivity index is 1.74. The van der Waals surface area contributed by atoms with Gasteiger partial charge in [0, 0.05) is 11.6 Å². The molecule has 0 aliphatic heterocycles. The fraction of sp³-hybridized carbons (Fsp3) is 0.250. The molecular formula is C16H17N5O2. The van der Waals surface area contributed by atoms with Crippen molar-refractivity contribution in [1.29, 1.82) is 0 Å². The number of amides is 1. The van der Waals surface area contributed by atoms with Gasteiger partial charge in [0.1, 0.15) is 11.5 Å². The smallest absolute Gasteiger partial charge is 0.290 e. The molecule has 2 aromatic heterocycles. The lowest BCUT2D eigenvalue weighted by molar-refractivity contribution is 0.0896. The van der Waals surface area contributed by atoms with Gasteiger partial charge in [-0.15, -0.1) is 0 Å². The van der Waals surface area contributed by atoms with Crippen LogP contribution < -0.4 is 5.32 Å². The van der Waals surface area contributed by atoms with E-state index in [1.807, 2.05) is 44.2 Å². The summed E-state index contributed by atoms with van der Waals surface area (Å²) in [5, 5.41) is 13.7. The zero-order valence-electron chi connectivity index (χ0n) is 12.9. The van der Waals surface area contributed by atoms with Crippen molar-refractivity contribution in [2.45, 2.75) is 26.3 Å². The summed E-state index contributed by atoms with van der Waals surface area (Å²) in [6.45, 7) is 3.76. The second-order valence-electron chi connectivity index (χ2n) is 5.16. The number of nitrogens with one attached hydrogen (secondary N) is 2. The van der Waals surface area contributed by atoms with Crippen molar-refractivity contribution in [3.63, 3.8) is 0 Å². The Labute approximate surface area is 133 Å². The van der Waals surface area contributed by atoms with Crippen molar-refractivity contribution in [3.05, 3.63) is 53.8 Å². The molecule has 3 aromatic rings. The van der Waals surface area contributed by atoms with E-state index < -0.39 is 0 Å². The maximum atomic E-state index is 12.3. The van der Waals surface area contributed by atoms with Crippen LogP contribution in [0.5, 0.6) is 0 Å². The van der Waals surface area contributed by atoms with Crippen molar-refractivity contribution < 1.29 is 9.32 Å². The number of rotatable bonds is 5. The third-order valence-electron chi connectivity index (χ3n) is 3.44. The third kappa shape index (κ3) is 3.28. The van der Waals surface area contributed by atoms with Gasteiger partial charge in [-0.2, -0.15) is 5.10 Å². The van der Waals surface area contributed by atoms with E-state index in [2.05, 4.69) is 25.7 Å². The highest BCUT2D eigenvalue weighted by molar-refractivity contribution is 5.92. The second-order valence-corrected chi connectivity index (χ2v) is 5.16.